The molecule has 0 saturated carbocycles. The van der Waals surface area contributed by atoms with Crippen molar-refractivity contribution in [2.45, 2.75) is 59.4 Å². The highest BCUT2D eigenvalue weighted by Crippen LogP contribution is 2.21. The predicted molar refractivity (Wildman–Crippen MR) is 81.6 cm³/mol. The summed E-state index contributed by atoms with van der Waals surface area (Å²) in [5.41, 5.74) is 3.97. The van der Waals surface area contributed by atoms with Gasteiger partial charge in [-0.05, 0) is 62.4 Å². The first-order valence-corrected chi connectivity index (χ1v) is 7.37. The van der Waals surface area contributed by atoms with Crippen LogP contribution in [0.1, 0.15) is 49.8 Å². The zero-order chi connectivity index (χ0) is 13.5. The van der Waals surface area contributed by atoms with Crippen LogP contribution in [0.4, 0.5) is 0 Å². The molecule has 0 heterocycles. The quantitative estimate of drug-likeness (QED) is 0.708. The summed E-state index contributed by atoms with van der Waals surface area (Å²) < 4.78 is 0. The molecule has 1 aromatic carbocycles. The molecule has 0 bridgehead atoms. The molecular formula is C16H26ClN. The Balaban J connectivity index is 2.29. The van der Waals surface area contributed by atoms with Crippen LogP contribution in [0.15, 0.2) is 12.1 Å². The summed E-state index contributed by atoms with van der Waals surface area (Å²) in [6, 6.07) is 4.93. The number of unbranched alkanes of at least 4 members (excludes halogenated alkanes) is 2. The lowest BCUT2D eigenvalue weighted by Crippen LogP contribution is -2.23. The van der Waals surface area contributed by atoms with Gasteiger partial charge in [-0.1, -0.05) is 37.9 Å². The minimum atomic E-state index is 0.603. The van der Waals surface area contributed by atoms with Crippen molar-refractivity contribution in [3.63, 3.8) is 0 Å². The summed E-state index contributed by atoms with van der Waals surface area (Å²) in [6.07, 6.45) is 5.00. The number of hydrogen-bond acceptors (Lipinski definition) is 1. The molecule has 0 unspecified atom stereocenters. The van der Waals surface area contributed by atoms with E-state index < -0.39 is 0 Å². The van der Waals surface area contributed by atoms with Gasteiger partial charge in [0.2, 0.25) is 0 Å². The highest BCUT2D eigenvalue weighted by atomic mass is 35.5. The van der Waals surface area contributed by atoms with Crippen molar-refractivity contribution in [2.24, 2.45) is 0 Å². The van der Waals surface area contributed by atoms with Crippen molar-refractivity contribution >= 4 is 11.6 Å². The van der Waals surface area contributed by atoms with Gasteiger partial charge in [0.15, 0.2) is 0 Å². The largest absolute Gasteiger partial charge is 0.315 e. The molecule has 0 aliphatic heterocycles. The van der Waals surface area contributed by atoms with Crippen LogP contribution in [0, 0.1) is 13.8 Å². The maximum Gasteiger partial charge on any atom is 0.0438 e. The summed E-state index contributed by atoms with van der Waals surface area (Å²) in [6.45, 7) is 9.76. The summed E-state index contributed by atoms with van der Waals surface area (Å²) in [5.74, 6) is 0. The average molecular weight is 268 g/mol. The van der Waals surface area contributed by atoms with Crippen LogP contribution in [-0.2, 0) is 6.42 Å². The van der Waals surface area contributed by atoms with Gasteiger partial charge >= 0.3 is 0 Å². The van der Waals surface area contributed by atoms with E-state index in [1.54, 1.807) is 0 Å². The van der Waals surface area contributed by atoms with Crippen molar-refractivity contribution in [1.29, 1.82) is 0 Å². The van der Waals surface area contributed by atoms with Gasteiger partial charge in [-0.15, -0.1) is 0 Å². The molecule has 0 aliphatic carbocycles. The minimum absolute atomic E-state index is 0.603. The lowest BCUT2D eigenvalue weighted by Gasteiger charge is -2.10. The van der Waals surface area contributed by atoms with Gasteiger partial charge in [-0.25, -0.2) is 0 Å². The van der Waals surface area contributed by atoms with Crippen molar-refractivity contribution in [3.8, 4) is 0 Å². The van der Waals surface area contributed by atoms with Gasteiger partial charge in [-0.2, -0.15) is 0 Å². The maximum atomic E-state index is 6.11. The molecule has 0 atom stereocenters. The Bertz CT molecular complexity index is 372. The van der Waals surface area contributed by atoms with Crippen LogP contribution in [-0.4, -0.2) is 12.6 Å². The molecule has 0 saturated heterocycles. The summed E-state index contributed by atoms with van der Waals surface area (Å²) in [5, 5.41) is 4.34. The van der Waals surface area contributed by atoms with Gasteiger partial charge in [0.25, 0.3) is 0 Å². The fourth-order valence-electron chi connectivity index (χ4n) is 2.12. The van der Waals surface area contributed by atoms with Crippen LogP contribution in [0.25, 0.3) is 0 Å². The third-order valence-corrected chi connectivity index (χ3v) is 3.70. The highest BCUT2D eigenvalue weighted by molar-refractivity contribution is 6.31. The summed E-state index contributed by atoms with van der Waals surface area (Å²) >= 11 is 6.11. The third-order valence-electron chi connectivity index (χ3n) is 3.29. The fraction of sp³-hybridized carbons (Fsp3) is 0.625. The molecule has 0 spiro atoms. The van der Waals surface area contributed by atoms with E-state index in [-0.39, 0.29) is 0 Å². The molecule has 0 aromatic heterocycles. The van der Waals surface area contributed by atoms with E-state index in [1.165, 1.54) is 42.4 Å². The molecule has 1 aromatic rings. The maximum absolute atomic E-state index is 6.11. The van der Waals surface area contributed by atoms with Crippen molar-refractivity contribution in [1.82, 2.24) is 5.32 Å². The normalized spacial score (nSPS) is 11.2. The van der Waals surface area contributed by atoms with Gasteiger partial charge < -0.3 is 5.32 Å². The Hall–Kier alpha value is -0.530. The van der Waals surface area contributed by atoms with Crippen molar-refractivity contribution in [3.05, 3.63) is 33.8 Å². The lowest BCUT2D eigenvalue weighted by atomic mass is 10.00. The third kappa shape index (κ3) is 5.41. The lowest BCUT2D eigenvalue weighted by molar-refractivity contribution is 0.548. The molecule has 0 fully saturated rings. The molecule has 1 rings (SSSR count). The molecule has 0 aliphatic rings. The van der Waals surface area contributed by atoms with Crippen molar-refractivity contribution in [2.75, 3.05) is 6.54 Å². The average Bonchev–Trinajstić information content (AvgIpc) is 2.29. The number of rotatable bonds is 7. The van der Waals surface area contributed by atoms with E-state index in [4.69, 9.17) is 11.6 Å². The van der Waals surface area contributed by atoms with Gasteiger partial charge in [0, 0.05) is 11.1 Å². The molecule has 0 amide bonds. The fourth-order valence-corrected chi connectivity index (χ4v) is 2.34. The number of benzene rings is 1. The molecular weight excluding hydrogens is 242 g/mol. The number of hydrogen-bond donors (Lipinski definition) is 1. The first kappa shape index (κ1) is 15.5. The molecule has 2 heteroatoms. The Kier molecular flexibility index (Phi) is 6.73. The van der Waals surface area contributed by atoms with E-state index >= 15 is 0 Å². The highest BCUT2D eigenvalue weighted by Gasteiger charge is 2.03. The van der Waals surface area contributed by atoms with E-state index in [1.807, 2.05) is 0 Å². The first-order valence-electron chi connectivity index (χ1n) is 6.99. The predicted octanol–water partition coefficient (Wildman–Crippen LogP) is 4.67. The Labute approximate surface area is 117 Å². The van der Waals surface area contributed by atoms with E-state index in [0.29, 0.717) is 6.04 Å². The van der Waals surface area contributed by atoms with E-state index in [9.17, 15) is 0 Å². The van der Waals surface area contributed by atoms with E-state index in [0.717, 1.165) is 11.6 Å². The van der Waals surface area contributed by atoms with Gasteiger partial charge in [-0.3, -0.25) is 0 Å². The molecule has 1 N–H and O–H groups in total. The minimum Gasteiger partial charge on any atom is -0.315 e. The second kappa shape index (κ2) is 7.81. The zero-order valence-electron chi connectivity index (χ0n) is 12.1. The monoisotopic (exact) mass is 267 g/mol. The van der Waals surface area contributed by atoms with Gasteiger partial charge in [0.1, 0.15) is 0 Å². The van der Waals surface area contributed by atoms with Crippen LogP contribution in [0.5, 0.6) is 0 Å². The topological polar surface area (TPSA) is 12.0 Å². The summed E-state index contributed by atoms with van der Waals surface area (Å²) in [4.78, 5) is 0. The van der Waals surface area contributed by atoms with Gasteiger partial charge in [0.05, 0.1) is 0 Å². The molecule has 102 valence electrons. The summed E-state index contributed by atoms with van der Waals surface area (Å²) in [7, 11) is 0. The Morgan fingerprint density at radius 3 is 2.44 bits per heavy atom. The van der Waals surface area contributed by atoms with Crippen LogP contribution >= 0.6 is 11.6 Å². The van der Waals surface area contributed by atoms with Crippen molar-refractivity contribution < 1.29 is 0 Å². The number of aryl methyl sites for hydroxylation is 3. The standard InChI is InChI=1S/C16H26ClN/c1-12(2)18-9-7-5-6-8-15-10-14(4)16(17)11-13(15)3/h10-12,18H,5-9H2,1-4H3. The van der Waals surface area contributed by atoms with E-state index in [2.05, 4.69) is 45.1 Å². The molecule has 0 radical (unpaired) electrons. The second-order valence-electron chi connectivity index (χ2n) is 5.45. The second-order valence-corrected chi connectivity index (χ2v) is 5.85. The first-order chi connectivity index (χ1) is 8.50. The smallest absolute Gasteiger partial charge is 0.0438 e. The molecule has 1 nitrogen and oxygen atoms in total. The molecule has 18 heavy (non-hydrogen) atoms. The Morgan fingerprint density at radius 1 is 1.06 bits per heavy atom. The number of halogens is 1. The SMILES string of the molecule is Cc1cc(CCCCCNC(C)C)c(C)cc1Cl. The zero-order valence-corrected chi connectivity index (χ0v) is 12.9. The Morgan fingerprint density at radius 2 is 1.78 bits per heavy atom. The number of nitrogens with one attached hydrogen (secondary N) is 1. The van der Waals surface area contributed by atoms with Crippen LogP contribution in [0.3, 0.4) is 0 Å². The van der Waals surface area contributed by atoms with Crippen LogP contribution in [0.2, 0.25) is 5.02 Å². The van der Waals surface area contributed by atoms with Crippen LogP contribution < -0.4 is 5.32 Å².